The van der Waals surface area contributed by atoms with Crippen molar-refractivity contribution in [2.75, 3.05) is 42.9 Å². The molecule has 2 N–H and O–H groups in total. The van der Waals surface area contributed by atoms with Gasteiger partial charge >= 0.3 is 6.03 Å². The van der Waals surface area contributed by atoms with Crippen LogP contribution in [0.3, 0.4) is 0 Å². The Morgan fingerprint density at radius 3 is 2.25 bits per heavy atom. The topological polar surface area (TPSA) is 64.7 Å². The van der Waals surface area contributed by atoms with Gasteiger partial charge in [0.1, 0.15) is 0 Å². The Balaban J connectivity index is 1.80. The monoisotopic (exact) mass is 332 g/mol. The molecule has 0 spiro atoms. The molecule has 1 fully saturated rings. The van der Waals surface area contributed by atoms with E-state index in [0.717, 1.165) is 18.8 Å². The number of nitrogens with zero attached hydrogens (tertiary/aromatic N) is 2. The summed E-state index contributed by atoms with van der Waals surface area (Å²) in [7, 11) is 0. The van der Waals surface area contributed by atoms with Crippen molar-refractivity contribution in [3.05, 3.63) is 24.3 Å². The number of urea groups is 1. The van der Waals surface area contributed by atoms with Gasteiger partial charge in [0.15, 0.2) is 0 Å². The van der Waals surface area contributed by atoms with Crippen LogP contribution in [0.1, 0.15) is 33.1 Å². The first kappa shape index (κ1) is 18.1. The maximum atomic E-state index is 11.9. The quantitative estimate of drug-likeness (QED) is 0.842. The number of benzene rings is 1. The van der Waals surface area contributed by atoms with Crippen molar-refractivity contribution < 1.29 is 9.59 Å². The smallest absolute Gasteiger partial charge is 0.317 e. The highest BCUT2D eigenvalue weighted by molar-refractivity contribution is 5.94. The number of rotatable bonds is 6. The molecular weight excluding hydrogens is 304 g/mol. The summed E-state index contributed by atoms with van der Waals surface area (Å²) >= 11 is 0. The van der Waals surface area contributed by atoms with Gasteiger partial charge < -0.3 is 20.4 Å². The van der Waals surface area contributed by atoms with Gasteiger partial charge in [0.05, 0.1) is 6.54 Å². The maximum absolute atomic E-state index is 11.9. The Morgan fingerprint density at radius 1 is 1.04 bits per heavy atom. The van der Waals surface area contributed by atoms with Gasteiger partial charge in [0, 0.05) is 37.6 Å². The van der Waals surface area contributed by atoms with Gasteiger partial charge in [0.25, 0.3) is 0 Å². The fraction of sp³-hybridized carbons (Fsp3) is 0.556. The summed E-state index contributed by atoms with van der Waals surface area (Å²) in [6, 6.07) is 7.68. The lowest BCUT2D eigenvalue weighted by molar-refractivity contribution is -0.115. The molecule has 6 nitrogen and oxygen atoms in total. The number of hydrogen-bond donors (Lipinski definition) is 2. The van der Waals surface area contributed by atoms with Gasteiger partial charge in [-0.05, 0) is 57.4 Å². The molecule has 0 radical (unpaired) electrons. The first-order chi connectivity index (χ1) is 11.6. The Kier molecular flexibility index (Phi) is 6.90. The Bertz CT molecular complexity index is 534. The van der Waals surface area contributed by atoms with Crippen LogP contribution in [0, 0.1) is 0 Å². The van der Waals surface area contributed by atoms with Crippen molar-refractivity contribution in [1.29, 1.82) is 0 Å². The third-order valence-electron chi connectivity index (χ3n) is 4.32. The van der Waals surface area contributed by atoms with Gasteiger partial charge in [-0.25, -0.2) is 4.79 Å². The number of piperidine rings is 1. The molecule has 1 aliphatic rings. The van der Waals surface area contributed by atoms with E-state index < -0.39 is 0 Å². The molecule has 1 heterocycles. The van der Waals surface area contributed by atoms with E-state index in [2.05, 4.69) is 15.5 Å². The number of anilines is 2. The first-order valence-corrected chi connectivity index (χ1v) is 8.81. The zero-order valence-corrected chi connectivity index (χ0v) is 14.7. The lowest BCUT2D eigenvalue weighted by Crippen LogP contribution is -2.42. The van der Waals surface area contributed by atoms with E-state index >= 15 is 0 Å². The molecule has 24 heavy (non-hydrogen) atoms. The van der Waals surface area contributed by atoms with Crippen LogP contribution >= 0.6 is 0 Å². The second-order valence-electron chi connectivity index (χ2n) is 5.97. The number of hydrogen-bond acceptors (Lipinski definition) is 3. The molecule has 1 aromatic carbocycles. The van der Waals surface area contributed by atoms with Crippen LogP contribution < -0.4 is 15.5 Å². The van der Waals surface area contributed by atoms with E-state index in [0.29, 0.717) is 13.1 Å². The highest BCUT2D eigenvalue weighted by Gasteiger charge is 2.12. The Labute approximate surface area is 144 Å². The molecule has 1 aliphatic heterocycles. The average molecular weight is 332 g/mol. The minimum atomic E-state index is -0.221. The van der Waals surface area contributed by atoms with Crippen LogP contribution in [-0.2, 0) is 4.79 Å². The van der Waals surface area contributed by atoms with Gasteiger partial charge in [-0.3, -0.25) is 4.79 Å². The van der Waals surface area contributed by atoms with E-state index in [1.54, 1.807) is 4.90 Å². The van der Waals surface area contributed by atoms with Gasteiger partial charge in [-0.2, -0.15) is 0 Å². The fourth-order valence-electron chi connectivity index (χ4n) is 2.89. The van der Waals surface area contributed by atoms with Crippen LogP contribution in [0.25, 0.3) is 0 Å². The van der Waals surface area contributed by atoms with E-state index in [1.807, 2.05) is 38.1 Å². The zero-order chi connectivity index (χ0) is 17.4. The highest BCUT2D eigenvalue weighted by atomic mass is 16.2. The van der Waals surface area contributed by atoms with Crippen molar-refractivity contribution in [2.45, 2.75) is 33.1 Å². The third-order valence-corrected chi connectivity index (χ3v) is 4.32. The zero-order valence-electron chi connectivity index (χ0n) is 14.7. The largest absolute Gasteiger partial charge is 0.372 e. The van der Waals surface area contributed by atoms with Crippen LogP contribution in [0.4, 0.5) is 16.2 Å². The summed E-state index contributed by atoms with van der Waals surface area (Å²) < 4.78 is 0. The van der Waals surface area contributed by atoms with Crippen LogP contribution in [0.15, 0.2) is 24.3 Å². The molecule has 2 rings (SSSR count). The lowest BCUT2D eigenvalue weighted by atomic mass is 10.1. The highest BCUT2D eigenvalue weighted by Crippen LogP contribution is 2.21. The Hall–Kier alpha value is -2.24. The van der Waals surface area contributed by atoms with Crippen molar-refractivity contribution in [3.8, 4) is 0 Å². The molecule has 0 saturated carbocycles. The second kappa shape index (κ2) is 9.15. The normalized spacial score (nSPS) is 14.2. The van der Waals surface area contributed by atoms with Gasteiger partial charge in [-0.1, -0.05) is 0 Å². The number of carbonyl (C=O) groups excluding carboxylic acids is 2. The van der Waals surface area contributed by atoms with Gasteiger partial charge in [-0.15, -0.1) is 0 Å². The predicted molar refractivity (Wildman–Crippen MR) is 97.5 cm³/mol. The van der Waals surface area contributed by atoms with Crippen molar-refractivity contribution in [1.82, 2.24) is 10.2 Å². The minimum Gasteiger partial charge on any atom is -0.372 e. The van der Waals surface area contributed by atoms with E-state index in [1.165, 1.54) is 24.9 Å². The molecule has 3 amide bonds. The average Bonchev–Trinajstić information content (AvgIpc) is 2.62. The van der Waals surface area contributed by atoms with Crippen molar-refractivity contribution in [3.63, 3.8) is 0 Å². The summed E-state index contributed by atoms with van der Waals surface area (Å²) in [4.78, 5) is 27.8. The van der Waals surface area contributed by atoms with Crippen molar-refractivity contribution >= 4 is 23.3 Å². The molecule has 1 saturated heterocycles. The van der Waals surface area contributed by atoms with Gasteiger partial charge in [0.2, 0.25) is 5.91 Å². The maximum Gasteiger partial charge on any atom is 0.317 e. The lowest BCUT2D eigenvalue weighted by Gasteiger charge is -2.28. The molecule has 0 atom stereocenters. The minimum absolute atomic E-state index is 0.0246. The molecule has 0 unspecified atom stereocenters. The van der Waals surface area contributed by atoms with Crippen LogP contribution in [-0.4, -0.2) is 49.6 Å². The third kappa shape index (κ3) is 5.15. The summed E-state index contributed by atoms with van der Waals surface area (Å²) in [5.74, 6) is -0.221. The molecular formula is C18H28N4O2. The number of nitrogens with one attached hydrogen (secondary N) is 2. The SMILES string of the molecule is CCN(CC)C(=O)NCC(=O)Nc1ccc(N2CCCCC2)cc1. The summed E-state index contributed by atoms with van der Waals surface area (Å²) in [5.41, 5.74) is 1.94. The van der Waals surface area contributed by atoms with E-state index in [-0.39, 0.29) is 18.5 Å². The predicted octanol–water partition coefficient (Wildman–Crippen LogP) is 2.67. The summed E-state index contributed by atoms with van der Waals surface area (Å²) in [6.45, 7) is 7.25. The fourth-order valence-corrected chi connectivity index (χ4v) is 2.89. The molecule has 0 aliphatic carbocycles. The molecule has 0 bridgehead atoms. The van der Waals surface area contributed by atoms with E-state index in [9.17, 15) is 9.59 Å². The first-order valence-electron chi connectivity index (χ1n) is 8.81. The summed E-state index contributed by atoms with van der Waals surface area (Å²) in [6.07, 6.45) is 3.79. The molecule has 6 heteroatoms. The molecule has 0 aromatic heterocycles. The van der Waals surface area contributed by atoms with Crippen LogP contribution in [0.2, 0.25) is 0 Å². The van der Waals surface area contributed by atoms with Crippen LogP contribution in [0.5, 0.6) is 0 Å². The number of carbonyl (C=O) groups is 2. The van der Waals surface area contributed by atoms with Crippen molar-refractivity contribution in [2.24, 2.45) is 0 Å². The Morgan fingerprint density at radius 2 is 1.67 bits per heavy atom. The number of amides is 3. The molecule has 132 valence electrons. The van der Waals surface area contributed by atoms with E-state index in [4.69, 9.17) is 0 Å². The molecule has 1 aromatic rings. The standard InChI is InChI=1S/C18H28N4O2/c1-3-21(4-2)18(24)19-14-17(23)20-15-8-10-16(11-9-15)22-12-6-5-7-13-22/h8-11H,3-7,12-14H2,1-2H3,(H,19,24)(H,20,23). The summed E-state index contributed by atoms with van der Waals surface area (Å²) in [5, 5.41) is 5.45. The second-order valence-corrected chi connectivity index (χ2v) is 5.97.